The molecule has 23 heavy (non-hydrogen) atoms. The number of anilines is 1. The largest absolute Gasteiger partial charge is 0.270 e. The lowest BCUT2D eigenvalue weighted by Gasteiger charge is -2.14. The number of hydrogen-bond acceptors (Lipinski definition) is 3. The molecule has 2 nitrogen and oxygen atoms in total. The fourth-order valence-corrected chi connectivity index (χ4v) is 4.14. The van der Waals surface area contributed by atoms with Crippen LogP contribution < -0.4 is 4.90 Å². The molecule has 1 aliphatic rings. The minimum atomic E-state index is -0.344. The van der Waals surface area contributed by atoms with Crippen molar-refractivity contribution in [3.8, 4) is 0 Å². The molecular weight excluding hydrogens is 465 g/mol. The Bertz CT molecular complexity index is 854. The Labute approximate surface area is 159 Å². The first-order valence-corrected chi connectivity index (χ1v) is 9.25. The Morgan fingerprint density at radius 2 is 1.96 bits per heavy atom. The van der Waals surface area contributed by atoms with Gasteiger partial charge in [-0.3, -0.25) is 9.69 Å². The molecule has 1 fully saturated rings. The highest BCUT2D eigenvalue weighted by atomic mass is 79.9. The second kappa shape index (κ2) is 6.84. The number of rotatable bonds is 2. The van der Waals surface area contributed by atoms with Gasteiger partial charge in [0.15, 0.2) is 4.32 Å². The van der Waals surface area contributed by atoms with Gasteiger partial charge in [-0.05, 0) is 57.9 Å². The van der Waals surface area contributed by atoms with E-state index in [0.717, 1.165) is 10.0 Å². The maximum atomic E-state index is 13.3. The van der Waals surface area contributed by atoms with Gasteiger partial charge in [0, 0.05) is 4.47 Å². The standard InChI is InChI=1S/C16H8Br2FNOS2/c17-10-2-1-3-11(8-10)20-15(21)14(23-16(20)22)7-9-4-5-13(19)12(18)6-9/h1-8H/b14-7+. The van der Waals surface area contributed by atoms with Crippen molar-refractivity contribution in [1.29, 1.82) is 0 Å². The molecule has 1 amide bonds. The van der Waals surface area contributed by atoms with Crippen LogP contribution in [0.25, 0.3) is 6.08 Å². The molecule has 0 radical (unpaired) electrons. The topological polar surface area (TPSA) is 20.3 Å². The molecule has 1 heterocycles. The third-order valence-corrected chi connectivity index (χ3v) is 5.50. The van der Waals surface area contributed by atoms with Gasteiger partial charge in [-0.25, -0.2) is 4.39 Å². The lowest BCUT2D eigenvalue weighted by atomic mass is 10.2. The molecule has 0 aromatic heterocycles. The van der Waals surface area contributed by atoms with Gasteiger partial charge in [0.05, 0.1) is 15.1 Å². The highest BCUT2D eigenvalue weighted by Crippen LogP contribution is 2.37. The van der Waals surface area contributed by atoms with Crippen molar-refractivity contribution in [2.45, 2.75) is 0 Å². The molecule has 0 unspecified atom stereocenters. The van der Waals surface area contributed by atoms with Crippen molar-refractivity contribution < 1.29 is 9.18 Å². The first-order chi connectivity index (χ1) is 11.0. The van der Waals surface area contributed by atoms with Gasteiger partial charge < -0.3 is 0 Å². The molecule has 7 heteroatoms. The lowest BCUT2D eigenvalue weighted by Crippen LogP contribution is -2.27. The molecular formula is C16H8Br2FNOS2. The van der Waals surface area contributed by atoms with Crippen molar-refractivity contribution >= 4 is 77.8 Å². The predicted molar refractivity (Wildman–Crippen MR) is 104 cm³/mol. The van der Waals surface area contributed by atoms with Crippen LogP contribution in [0.15, 0.2) is 56.3 Å². The van der Waals surface area contributed by atoms with E-state index in [1.54, 1.807) is 18.2 Å². The molecule has 1 saturated heterocycles. The van der Waals surface area contributed by atoms with Crippen molar-refractivity contribution in [1.82, 2.24) is 0 Å². The summed E-state index contributed by atoms with van der Waals surface area (Å²) in [6.07, 6.45) is 1.71. The maximum Gasteiger partial charge on any atom is 0.270 e. The van der Waals surface area contributed by atoms with Gasteiger partial charge in [0.2, 0.25) is 0 Å². The van der Waals surface area contributed by atoms with E-state index in [2.05, 4.69) is 31.9 Å². The van der Waals surface area contributed by atoms with E-state index in [9.17, 15) is 9.18 Å². The van der Waals surface area contributed by atoms with Gasteiger partial charge in [-0.1, -0.05) is 52.0 Å². The summed E-state index contributed by atoms with van der Waals surface area (Å²) in [6.45, 7) is 0. The van der Waals surface area contributed by atoms with E-state index in [1.165, 1.54) is 22.7 Å². The Hall–Kier alpha value is -1.02. The number of hydrogen-bond donors (Lipinski definition) is 0. The van der Waals surface area contributed by atoms with E-state index in [4.69, 9.17) is 12.2 Å². The number of nitrogens with zero attached hydrogens (tertiary/aromatic N) is 1. The normalized spacial score (nSPS) is 16.5. The van der Waals surface area contributed by atoms with Gasteiger partial charge in [0.1, 0.15) is 5.82 Å². The molecule has 116 valence electrons. The Morgan fingerprint density at radius 1 is 1.17 bits per heavy atom. The summed E-state index contributed by atoms with van der Waals surface area (Å²) in [6, 6.07) is 12.0. The van der Waals surface area contributed by atoms with Gasteiger partial charge in [0.25, 0.3) is 5.91 Å². The van der Waals surface area contributed by atoms with Crippen LogP contribution in [0.1, 0.15) is 5.56 Å². The Balaban J connectivity index is 1.94. The summed E-state index contributed by atoms with van der Waals surface area (Å²) >= 11 is 13.1. The minimum absolute atomic E-state index is 0.182. The van der Waals surface area contributed by atoms with Crippen molar-refractivity contribution in [3.05, 3.63) is 67.7 Å². The smallest absolute Gasteiger partial charge is 0.268 e. The van der Waals surface area contributed by atoms with Crippen LogP contribution >= 0.6 is 55.8 Å². The lowest BCUT2D eigenvalue weighted by molar-refractivity contribution is -0.113. The van der Waals surface area contributed by atoms with Crippen LogP contribution in [0.4, 0.5) is 10.1 Å². The monoisotopic (exact) mass is 471 g/mol. The van der Waals surface area contributed by atoms with Gasteiger partial charge in [-0.2, -0.15) is 0 Å². The summed E-state index contributed by atoms with van der Waals surface area (Å²) in [5.41, 5.74) is 1.44. The van der Waals surface area contributed by atoms with Crippen molar-refractivity contribution in [2.75, 3.05) is 4.90 Å². The number of thioether (sulfide) groups is 1. The SMILES string of the molecule is O=C1/C(=C\c2ccc(F)c(Br)c2)SC(=S)N1c1cccc(Br)c1. The van der Waals surface area contributed by atoms with Crippen LogP contribution in [-0.2, 0) is 4.79 Å². The van der Waals surface area contributed by atoms with Crippen molar-refractivity contribution in [2.24, 2.45) is 0 Å². The number of carbonyl (C=O) groups is 1. The molecule has 2 aromatic rings. The molecule has 0 atom stereocenters. The predicted octanol–water partition coefficient (Wildman–Crippen LogP) is 5.76. The number of thiocarbonyl (C=S) groups is 1. The van der Waals surface area contributed by atoms with E-state index in [-0.39, 0.29) is 11.7 Å². The fraction of sp³-hybridized carbons (Fsp3) is 0. The zero-order chi connectivity index (χ0) is 16.6. The summed E-state index contributed by atoms with van der Waals surface area (Å²) in [7, 11) is 0. The molecule has 1 aliphatic heterocycles. The van der Waals surface area contributed by atoms with E-state index >= 15 is 0 Å². The van der Waals surface area contributed by atoms with Crippen LogP contribution in [0.5, 0.6) is 0 Å². The quantitative estimate of drug-likeness (QED) is 0.409. The molecule has 2 aromatic carbocycles. The average Bonchev–Trinajstić information content (AvgIpc) is 2.77. The number of amides is 1. The first kappa shape index (κ1) is 16.8. The molecule has 0 aliphatic carbocycles. The van der Waals surface area contributed by atoms with Crippen LogP contribution in [0.3, 0.4) is 0 Å². The van der Waals surface area contributed by atoms with Gasteiger partial charge >= 0.3 is 0 Å². The highest BCUT2D eigenvalue weighted by Gasteiger charge is 2.33. The van der Waals surface area contributed by atoms with E-state index < -0.39 is 0 Å². The van der Waals surface area contributed by atoms with E-state index in [1.807, 2.05) is 24.3 Å². The minimum Gasteiger partial charge on any atom is -0.268 e. The Morgan fingerprint density at radius 3 is 2.65 bits per heavy atom. The third-order valence-electron chi connectivity index (χ3n) is 3.10. The zero-order valence-corrected chi connectivity index (χ0v) is 16.2. The highest BCUT2D eigenvalue weighted by molar-refractivity contribution is 9.10. The fourth-order valence-electron chi connectivity index (χ4n) is 2.06. The second-order valence-electron chi connectivity index (χ2n) is 4.67. The zero-order valence-electron chi connectivity index (χ0n) is 11.4. The molecule has 0 saturated carbocycles. The van der Waals surface area contributed by atoms with Crippen LogP contribution in [0.2, 0.25) is 0 Å². The molecule has 0 N–H and O–H groups in total. The summed E-state index contributed by atoms with van der Waals surface area (Å²) in [5.74, 6) is -0.526. The summed E-state index contributed by atoms with van der Waals surface area (Å²) in [5, 5.41) is 0. The average molecular weight is 473 g/mol. The number of carbonyl (C=O) groups excluding carboxylic acids is 1. The number of benzene rings is 2. The molecule has 0 spiro atoms. The number of halogens is 3. The Kier molecular flexibility index (Phi) is 5.01. The maximum absolute atomic E-state index is 13.3. The molecule has 3 rings (SSSR count). The summed E-state index contributed by atoms with van der Waals surface area (Å²) in [4.78, 5) is 14.6. The third kappa shape index (κ3) is 3.57. The van der Waals surface area contributed by atoms with Crippen LogP contribution in [-0.4, -0.2) is 10.2 Å². The summed E-state index contributed by atoms with van der Waals surface area (Å²) < 4.78 is 15.0. The molecule has 0 bridgehead atoms. The van der Waals surface area contributed by atoms with Crippen LogP contribution in [0, 0.1) is 5.82 Å². The van der Waals surface area contributed by atoms with Crippen molar-refractivity contribution in [3.63, 3.8) is 0 Å². The van der Waals surface area contributed by atoms with Gasteiger partial charge in [-0.15, -0.1) is 0 Å². The first-order valence-electron chi connectivity index (χ1n) is 6.44. The second-order valence-corrected chi connectivity index (χ2v) is 8.12. The van der Waals surface area contributed by atoms with E-state index in [0.29, 0.717) is 19.4 Å².